The fraction of sp³-hybridized carbons (Fsp3) is 0.476. The first-order valence-corrected chi connectivity index (χ1v) is 9.72. The minimum atomic E-state index is -0.406. The maximum Gasteiger partial charge on any atom is 0.242 e. The van der Waals surface area contributed by atoms with Gasteiger partial charge in [0.25, 0.3) is 0 Å². The number of nitrogens with zero attached hydrogens (tertiary/aromatic N) is 3. The highest BCUT2D eigenvalue weighted by molar-refractivity contribution is 5.83. The molecule has 1 aromatic heterocycles. The van der Waals surface area contributed by atoms with Crippen LogP contribution in [0.15, 0.2) is 30.3 Å². The van der Waals surface area contributed by atoms with Gasteiger partial charge >= 0.3 is 0 Å². The Morgan fingerprint density at radius 3 is 2.52 bits per heavy atom. The molecule has 1 fully saturated rings. The summed E-state index contributed by atoms with van der Waals surface area (Å²) in [5.41, 5.74) is 4.12. The van der Waals surface area contributed by atoms with E-state index >= 15 is 0 Å². The van der Waals surface area contributed by atoms with E-state index in [0.717, 1.165) is 30.0 Å². The number of carbonyl (C=O) groups is 1. The number of hydrogen-bond acceptors (Lipinski definition) is 5. The minimum absolute atomic E-state index is 0.0684. The van der Waals surface area contributed by atoms with Gasteiger partial charge in [-0.25, -0.2) is 9.97 Å². The van der Waals surface area contributed by atoms with E-state index in [1.54, 1.807) is 0 Å². The van der Waals surface area contributed by atoms with E-state index < -0.39 is 6.04 Å². The standard InChI is InChI=1S/C21H29N5O/c1-15-12-16(2)24-21(23-15)25-17(3)20(27)22-14-18-8-7-9-19(13-18)26-10-5-4-6-11-26/h7-9,12-13,17H,4-6,10-11,14H2,1-3H3,(H,22,27)(H,23,24,25)/t17-/m0/s1. The Kier molecular flexibility index (Phi) is 6.27. The normalized spacial score (nSPS) is 15.3. The number of aromatic nitrogens is 2. The van der Waals surface area contributed by atoms with Gasteiger partial charge in [-0.2, -0.15) is 0 Å². The van der Waals surface area contributed by atoms with Gasteiger partial charge in [0.05, 0.1) is 0 Å². The monoisotopic (exact) mass is 367 g/mol. The molecule has 0 unspecified atom stereocenters. The molecule has 3 rings (SSSR count). The number of aryl methyl sites for hydroxylation is 2. The predicted octanol–water partition coefficient (Wildman–Crippen LogP) is 3.20. The van der Waals surface area contributed by atoms with Gasteiger partial charge in [-0.15, -0.1) is 0 Å². The summed E-state index contributed by atoms with van der Waals surface area (Å²) >= 11 is 0. The third kappa shape index (κ3) is 5.42. The maximum absolute atomic E-state index is 12.4. The number of anilines is 2. The van der Waals surface area contributed by atoms with E-state index in [9.17, 15) is 4.79 Å². The third-order valence-electron chi connectivity index (χ3n) is 4.82. The van der Waals surface area contributed by atoms with Crippen LogP contribution >= 0.6 is 0 Å². The highest BCUT2D eigenvalue weighted by Crippen LogP contribution is 2.20. The number of nitrogens with one attached hydrogen (secondary N) is 2. The van der Waals surface area contributed by atoms with E-state index in [1.165, 1.54) is 24.9 Å². The molecule has 144 valence electrons. The Bertz CT molecular complexity index is 766. The van der Waals surface area contributed by atoms with Gasteiger partial charge in [0.1, 0.15) is 6.04 Å². The smallest absolute Gasteiger partial charge is 0.242 e. The topological polar surface area (TPSA) is 70.2 Å². The maximum atomic E-state index is 12.4. The number of amides is 1. The second kappa shape index (κ2) is 8.84. The molecule has 6 nitrogen and oxygen atoms in total. The van der Waals surface area contributed by atoms with Crippen molar-refractivity contribution in [2.24, 2.45) is 0 Å². The molecule has 1 atom stereocenters. The van der Waals surface area contributed by atoms with Crippen LogP contribution in [0.5, 0.6) is 0 Å². The molecule has 1 saturated heterocycles. The lowest BCUT2D eigenvalue weighted by Crippen LogP contribution is -2.37. The molecular formula is C21H29N5O. The van der Waals surface area contributed by atoms with Gasteiger partial charge in [0.15, 0.2) is 0 Å². The summed E-state index contributed by atoms with van der Waals surface area (Å²) in [6, 6.07) is 9.95. The van der Waals surface area contributed by atoms with Crippen LogP contribution < -0.4 is 15.5 Å². The van der Waals surface area contributed by atoms with Gasteiger partial charge in [0.2, 0.25) is 11.9 Å². The van der Waals surface area contributed by atoms with Crippen LogP contribution in [-0.2, 0) is 11.3 Å². The van der Waals surface area contributed by atoms with Crippen LogP contribution in [0.3, 0.4) is 0 Å². The predicted molar refractivity (Wildman–Crippen MR) is 109 cm³/mol. The first-order valence-electron chi connectivity index (χ1n) is 9.72. The van der Waals surface area contributed by atoms with Gasteiger partial charge in [-0.3, -0.25) is 4.79 Å². The molecule has 0 radical (unpaired) electrons. The Morgan fingerprint density at radius 2 is 1.81 bits per heavy atom. The first-order chi connectivity index (χ1) is 13.0. The van der Waals surface area contributed by atoms with Crippen molar-refractivity contribution in [1.82, 2.24) is 15.3 Å². The number of piperidine rings is 1. The Balaban J connectivity index is 1.55. The quantitative estimate of drug-likeness (QED) is 0.820. The summed E-state index contributed by atoms with van der Waals surface area (Å²) < 4.78 is 0. The molecule has 2 heterocycles. The summed E-state index contributed by atoms with van der Waals surface area (Å²) in [6.07, 6.45) is 3.83. The molecule has 1 aliphatic heterocycles. The van der Waals surface area contributed by atoms with Crippen molar-refractivity contribution in [3.05, 3.63) is 47.3 Å². The van der Waals surface area contributed by atoms with Crippen LogP contribution in [0.4, 0.5) is 11.6 Å². The van der Waals surface area contributed by atoms with Gasteiger partial charge in [0, 0.05) is 36.7 Å². The van der Waals surface area contributed by atoms with Crippen LogP contribution in [0.25, 0.3) is 0 Å². The van der Waals surface area contributed by atoms with Crippen molar-refractivity contribution in [2.45, 2.75) is 52.6 Å². The second-order valence-electron chi connectivity index (χ2n) is 7.28. The largest absolute Gasteiger partial charge is 0.372 e. The minimum Gasteiger partial charge on any atom is -0.372 e. The molecule has 1 aromatic carbocycles. The zero-order valence-corrected chi connectivity index (χ0v) is 16.5. The second-order valence-corrected chi connectivity index (χ2v) is 7.28. The zero-order valence-electron chi connectivity index (χ0n) is 16.5. The van der Waals surface area contributed by atoms with Crippen molar-refractivity contribution < 1.29 is 4.79 Å². The number of benzene rings is 1. The van der Waals surface area contributed by atoms with E-state index in [-0.39, 0.29) is 5.91 Å². The number of hydrogen-bond donors (Lipinski definition) is 2. The first kappa shape index (κ1) is 19.1. The Hall–Kier alpha value is -2.63. The zero-order chi connectivity index (χ0) is 19.2. The van der Waals surface area contributed by atoms with Crippen LogP contribution in [0.1, 0.15) is 43.1 Å². The summed E-state index contributed by atoms with van der Waals surface area (Å²) in [4.78, 5) is 23.5. The van der Waals surface area contributed by atoms with E-state index in [2.05, 4.69) is 49.8 Å². The molecule has 0 aliphatic carbocycles. The summed E-state index contributed by atoms with van der Waals surface area (Å²) in [7, 11) is 0. The summed E-state index contributed by atoms with van der Waals surface area (Å²) in [5, 5.41) is 6.08. The van der Waals surface area contributed by atoms with Gasteiger partial charge in [-0.1, -0.05) is 12.1 Å². The lowest BCUT2D eigenvalue weighted by Gasteiger charge is -2.29. The summed E-state index contributed by atoms with van der Waals surface area (Å²) in [5.74, 6) is 0.420. The van der Waals surface area contributed by atoms with Crippen molar-refractivity contribution in [1.29, 1.82) is 0 Å². The molecular weight excluding hydrogens is 338 g/mol. The highest BCUT2D eigenvalue weighted by atomic mass is 16.2. The molecule has 1 aliphatic rings. The highest BCUT2D eigenvalue weighted by Gasteiger charge is 2.15. The summed E-state index contributed by atoms with van der Waals surface area (Å²) in [6.45, 7) is 8.40. The van der Waals surface area contributed by atoms with Gasteiger partial charge in [-0.05, 0) is 63.8 Å². The third-order valence-corrected chi connectivity index (χ3v) is 4.82. The number of carbonyl (C=O) groups excluding carboxylic acids is 1. The molecule has 1 amide bonds. The van der Waals surface area contributed by atoms with E-state index in [0.29, 0.717) is 12.5 Å². The molecule has 27 heavy (non-hydrogen) atoms. The van der Waals surface area contributed by atoms with Crippen LogP contribution in [0, 0.1) is 13.8 Å². The lowest BCUT2D eigenvalue weighted by molar-refractivity contribution is -0.121. The van der Waals surface area contributed by atoms with Crippen molar-refractivity contribution in [3.8, 4) is 0 Å². The van der Waals surface area contributed by atoms with Crippen molar-refractivity contribution >= 4 is 17.5 Å². The fourth-order valence-corrected chi connectivity index (χ4v) is 3.41. The fourth-order valence-electron chi connectivity index (χ4n) is 3.41. The molecule has 0 bridgehead atoms. The van der Waals surface area contributed by atoms with E-state index in [4.69, 9.17) is 0 Å². The SMILES string of the molecule is Cc1cc(C)nc(N[C@@H](C)C(=O)NCc2cccc(N3CCCCC3)c2)n1. The Labute approximate surface area is 161 Å². The van der Waals surface area contributed by atoms with Crippen molar-refractivity contribution in [3.63, 3.8) is 0 Å². The average molecular weight is 367 g/mol. The lowest BCUT2D eigenvalue weighted by atomic mass is 10.1. The molecule has 6 heteroatoms. The molecule has 0 saturated carbocycles. The van der Waals surface area contributed by atoms with E-state index in [1.807, 2.05) is 26.8 Å². The van der Waals surface area contributed by atoms with Crippen LogP contribution in [0.2, 0.25) is 0 Å². The average Bonchev–Trinajstić information content (AvgIpc) is 2.66. The van der Waals surface area contributed by atoms with Gasteiger partial charge < -0.3 is 15.5 Å². The van der Waals surface area contributed by atoms with Crippen molar-refractivity contribution in [2.75, 3.05) is 23.3 Å². The Morgan fingerprint density at radius 1 is 1.11 bits per heavy atom. The van der Waals surface area contributed by atoms with Crippen LogP contribution in [-0.4, -0.2) is 35.0 Å². The molecule has 0 spiro atoms. The number of rotatable bonds is 6. The molecule has 2 aromatic rings. The molecule has 2 N–H and O–H groups in total.